The zero-order valence-electron chi connectivity index (χ0n) is 15.2. The van der Waals surface area contributed by atoms with Gasteiger partial charge < -0.3 is 10.0 Å². The Balaban J connectivity index is 2.01. The maximum atomic E-state index is 13.0. The number of nitrogens with zero attached hydrogens (tertiary/aromatic N) is 1. The molecule has 3 rings (SSSR count). The van der Waals surface area contributed by atoms with Crippen molar-refractivity contribution in [3.63, 3.8) is 0 Å². The molecule has 1 unspecified atom stereocenters. The van der Waals surface area contributed by atoms with E-state index >= 15 is 0 Å². The normalized spacial score (nSPS) is 17.7. The molecule has 28 heavy (non-hydrogen) atoms. The van der Waals surface area contributed by atoms with Gasteiger partial charge in [0.15, 0.2) is 11.5 Å². The third-order valence-electron chi connectivity index (χ3n) is 4.51. The summed E-state index contributed by atoms with van der Waals surface area (Å²) < 4.78 is 39.0. The van der Waals surface area contributed by atoms with Crippen LogP contribution in [0.4, 0.5) is 13.2 Å². The van der Waals surface area contributed by atoms with E-state index in [4.69, 9.17) is 0 Å². The number of carbonyl (C=O) groups is 2. The second-order valence-corrected chi connectivity index (χ2v) is 7.81. The van der Waals surface area contributed by atoms with Gasteiger partial charge in [0.25, 0.3) is 5.91 Å². The van der Waals surface area contributed by atoms with E-state index in [0.29, 0.717) is 4.88 Å². The molecule has 1 aromatic carbocycles. The summed E-state index contributed by atoms with van der Waals surface area (Å²) >= 11 is 1.31. The van der Waals surface area contributed by atoms with Crippen LogP contribution in [-0.2, 0) is 22.3 Å². The number of halogens is 3. The lowest BCUT2D eigenvalue weighted by Gasteiger charge is -2.26. The Morgan fingerprint density at radius 2 is 1.96 bits per heavy atom. The van der Waals surface area contributed by atoms with E-state index in [0.717, 1.165) is 12.1 Å². The first kappa shape index (κ1) is 20.1. The molecule has 1 N–H and O–H groups in total. The van der Waals surface area contributed by atoms with Crippen LogP contribution in [0.3, 0.4) is 0 Å². The van der Waals surface area contributed by atoms with E-state index < -0.39 is 35.4 Å². The first-order chi connectivity index (χ1) is 13.1. The average molecular weight is 409 g/mol. The van der Waals surface area contributed by atoms with Gasteiger partial charge in [-0.1, -0.05) is 32.0 Å². The van der Waals surface area contributed by atoms with Crippen molar-refractivity contribution in [3.8, 4) is 0 Å². The van der Waals surface area contributed by atoms with Crippen LogP contribution in [0, 0.1) is 5.92 Å². The third kappa shape index (κ3) is 3.69. The van der Waals surface area contributed by atoms with Gasteiger partial charge in [-0.3, -0.25) is 9.59 Å². The Morgan fingerprint density at radius 1 is 1.25 bits per heavy atom. The zero-order chi connectivity index (χ0) is 20.6. The first-order valence-electron chi connectivity index (χ1n) is 8.59. The van der Waals surface area contributed by atoms with Crippen molar-refractivity contribution in [2.24, 2.45) is 5.92 Å². The molecule has 1 aromatic heterocycles. The highest BCUT2D eigenvalue weighted by Gasteiger charge is 2.44. The molecule has 4 nitrogen and oxygen atoms in total. The molecular weight excluding hydrogens is 391 g/mol. The van der Waals surface area contributed by atoms with Crippen LogP contribution in [0.25, 0.3) is 0 Å². The number of hydrogen-bond donors (Lipinski definition) is 1. The topological polar surface area (TPSA) is 57.6 Å². The van der Waals surface area contributed by atoms with E-state index in [1.807, 2.05) is 0 Å². The maximum Gasteiger partial charge on any atom is 0.416 e. The van der Waals surface area contributed by atoms with Crippen molar-refractivity contribution in [1.82, 2.24) is 4.90 Å². The number of alkyl halides is 3. The summed E-state index contributed by atoms with van der Waals surface area (Å²) in [5, 5.41) is 12.1. The molecule has 2 aromatic rings. The van der Waals surface area contributed by atoms with Crippen LogP contribution >= 0.6 is 11.3 Å². The summed E-state index contributed by atoms with van der Waals surface area (Å²) in [6.45, 7) is 3.16. The largest absolute Gasteiger partial charge is 0.503 e. The lowest BCUT2D eigenvalue weighted by molar-refractivity contribution is -0.137. The van der Waals surface area contributed by atoms with E-state index in [2.05, 4.69) is 0 Å². The molecular formula is C20H18F3NO3S. The Kier molecular flexibility index (Phi) is 5.34. The maximum absolute atomic E-state index is 13.0. The third-order valence-corrected chi connectivity index (χ3v) is 5.44. The Hall–Kier alpha value is -2.61. The number of thiophene rings is 1. The Morgan fingerprint density at radius 3 is 2.54 bits per heavy atom. The minimum absolute atomic E-state index is 0.00516. The fraction of sp³-hybridized carbons (Fsp3) is 0.300. The molecule has 0 radical (unpaired) electrons. The van der Waals surface area contributed by atoms with Crippen molar-refractivity contribution >= 4 is 23.0 Å². The predicted octanol–water partition coefficient (Wildman–Crippen LogP) is 4.89. The first-order valence-corrected chi connectivity index (χ1v) is 9.47. The molecule has 1 aliphatic rings. The smallest absolute Gasteiger partial charge is 0.416 e. The minimum Gasteiger partial charge on any atom is -0.503 e. The van der Waals surface area contributed by atoms with Gasteiger partial charge in [0.05, 0.1) is 17.2 Å². The van der Waals surface area contributed by atoms with Gasteiger partial charge in [0.2, 0.25) is 0 Å². The van der Waals surface area contributed by atoms with Crippen molar-refractivity contribution in [3.05, 3.63) is 69.1 Å². The van der Waals surface area contributed by atoms with Crippen LogP contribution in [0.5, 0.6) is 0 Å². The van der Waals surface area contributed by atoms with Gasteiger partial charge in [0, 0.05) is 17.3 Å². The average Bonchev–Trinajstić information content (AvgIpc) is 3.23. The Bertz CT molecular complexity index is 932. The fourth-order valence-corrected chi connectivity index (χ4v) is 4.01. The lowest BCUT2D eigenvalue weighted by atomic mass is 9.94. The second-order valence-electron chi connectivity index (χ2n) is 6.83. The second kappa shape index (κ2) is 7.43. The number of aliphatic hydroxyl groups is 1. The summed E-state index contributed by atoms with van der Waals surface area (Å²) in [4.78, 5) is 27.2. The number of ketones is 1. The van der Waals surface area contributed by atoms with Crippen LogP contribution < -0.4 is 0 Å². The highest BCUT2D eigenvalue weighted by Crippen LogP contribution is 2.41. The van der Waals surface area contributed by atoms with Gasteiger partial charge in [-0.05, 0) is 29.1 Å². The summed E-state index contributed by atoms with van der Waals surface area (Å²) in [5.41, 5.74) is -0.565. The summed E-state index contributed by atoms with van der Waals surface area (Å²) in [6.07, 6.45) is -4.50. The van der Waals surface area contributed by atoms with Gasteiger partial charge in [-0.25, -0.2) is 0 Å². The van der Waals surface area contributed by atoms with Crippen molar-refractivity contribution < 1.29 is 27.9 Å². The van der Waals surface area contributed by atoms with Crippen molar-refractivity contribution in [2.75, 3.05) is 0 Å². The van der Waals surface area contributed by atoms with Crippen LogP contribution in [0.15, 0.2) is 53.1 Å². The van der Waals surface area contributed by atoms with Crippen molar-refractivity contribution in [2.45, 2.75) is 32.6 Å². The number of benzene rings is 1. The SMILES string of the molecule is CC(C)C(=O)C1=C(O)C(=O)N(Cc2cccc(C(F)(F)F)c2)C1c1cccs1. The standard InChI is InChI=1S/C20H18F3NO3S/c1-11(2)17(25)15-16(14-7-4-8-28-14)24(19(27)18(15)26)10-12-5-3-6-13(9-12)20(21,22)23/h3-9,11,16,26H,10H2,1-2H3. The van der Waals surface area contributed by atoms with Crippen LogP contribution in [-0.4, -0.2) is 21.7 Å². The summed E-state index contributed by atoms with van der Waals surface area (Å²) in [7, 11) is 0. The number of carbonyl (C=O) groups excluding carboxylic acids is 2. The molecule has 8 heteroatoms. The quantitative estimate of drug-likeness (QED) is 0.765. The summed E-state index contributed by atoms with van der Waals surface area (Å²) in [6, 6.07) is 7.33. The molecule has 0 spiro atoms. The van der Waals surface area contributed by atoms with E-state index in [1.165, 1.54) is 28.4 Å². The number of Topliss-reactive ketones (excluding diaryl/α,β-unsaturated/α-hetero) is 1. The van der Waals surface area contributed by atoms with E-state index in [-0.39, 0.29) is 23.5 Å². The van der Waals surface area contributed by atoms with Crippen LogP contribution in [0.2, 0.25) is 0 Å². The molecule has 1 aliphatic heterocycles. The molecule has 0 bridgehead atoms. The Labute approximate surface area is 163 Å². The lowest BCUT2D eigenvalue weighted by Crippen LogP contribution is -2.30. The fourth-order valence-electron chi connectivity index (χ4n) is 3.16. The van der Waals surface area contributed by atoms with Gasteiger partial charge in [-0.15, -0.1) is 11.3 Å². The highest BCUT2D eigenvalue weighted by atomic mass is 32.1. The molecule has 1 atom stereocenters. The summed E-state index contributed by atoms with van der Waals surface area (Å²) in [5.74, 6) is -2.21. The predicted molar refractivity (Wildman–Crippen MR) is 98.6 cm³/mol. The van der Waals surface area contributed by atoms with E-state index in [1.54, 1.807) is 31.4 Å². The zero-order valence-corrected chi connectivity index (χ0v) is 16.0. The monoisotopic (exact) mass is 409 g/mol. The van der Waals surface area contributed by atoms with Gasteiger partial charge in [0.1, 0.15) is 0 Å². The van der Waals surface area contributed by atoms with Gasteiger partial charge >= 0.3 is 6.18 Å². The highest BCUT2D eigenvalue weighted by molar-refractivity contribution is 7.10. The molecule has 148 valence electrons. The number of rotatable bonds is 5. The number of aliphatic hydroxyl groups excluding tert-OH is 1. The van der Waals surface area contributed by atoms with Crippen LogP contribution in [0.1, 0.15) is 35.9 Å². The minimum atomic E-state index is -4.50. The molecule has 0 saturated heterocycles. The molecule has 1 amide bonds. The number of amides is 1. The molecule has 0 fully saturated rings. The number of hydrogen-bond acceptors (Lipinski definition) is 4. The van der Waals surface area contributed by atoms with E-state index in [9.17, 15) is 27.9 Å². The molecule has 0 saturated carbocycles. The molecule has 0 aliphatic carbocycles. The molecule has 2 heterocycles. The van der Waals surface area contributed by atoms with Crippen molar-refractivity contribution in [1.29, 1.82) is 0 Å². The van der Waals surface area contributed by atoms with Gasteiger partial charge in [-0.2, -0.15) is 13.2 Å².